The van der Waals surface area contributed by atoms with E-state index in [4.69, 9.17) is 4.74 Å². The van der Waals surface area contributed by atoms with E-state index in [0.29, 0.717) is 18.4 Å². The highest BCUT2D eigenvalue weighted by atomic mass is 16.6. The Bertz CT molecular complexity index is 493. The van der Waals surface area contributed by atoms with Crippen LogP contribution in [0.4, 0.5) is 11.4 Å². The number of hydrogen-bond acceptors (Lipinski definition) is 5. The molecular formula is C15H23N3O3. The van der Waals surface area contributed by atoms with Crippen LogP contribution in [0.1, 0.15) is 26.7 Å². The number of benzene rings is 1. The molecule has 0 saturated carbocycles. The molecule has 0 amide bonds. The first-order valence-electron chi connectivity index (χ1n) is 7.53. The van der Waals surface area contributed by atoms with Crippen molar-refractivity contribution in [1.82, 2.24) is 4.90 Å². The Kier molecular flexibility index (Phi) is 5.38. The molecule has 1 aliphatic rings. The van der Waals surface area contributed by atoms with Crippen LogP contribution in [0.2, 0.25) is 0 Å². The second kappa shape index (κ2) is 7.26. The molecule has 21 heavy (non-hydrogen) atoms. The van der Waals surface area contributed by atoms with Crippen molar-refractivity contribution in [2.75, 3.05) is 31.6 Å². The number of non-ortho nitro benzene ring substituents is 1. The standard InChI is InChI=1S/C15H23N3O3/c1-3-17-7-5-6-12(11-17)16-13-8-14(18(19)20)10-15(9-13)21-4-2/h8-10,12,16H,3-7,11H2,1-2H3. The van der Waals surface area contributed by atoms with Gasteiger partial charge in [-0.3, -0.25) is 10.1 Å². The molecule has 1 fully saturated rings. The summed E-state index contributed by atoms with van der Waals surface area (Å²) in [5.41, 5.74) is 0.821. The van der Waals surface area contributed by atoms with Crippen molar-refractivity contribution in [2.24, 2.45) is 0 Å². The minimum Gasteiger partial charge on any atom is -0.494 e. The van der Waals surface area contributed by atoms with Gasteiger partial charge in [0.1, 0.15) is 5.75 Å². The maximum Gasteiger partial charge on any atom is 0.275 e. The van der Waals surface area contributed by atoms with Crippen LogP contribution in [0.5, 0.6) is 5.75 Å². The molecule has 0 radical (unpaired) electrons. The lowest BCUT2D eigenvalue weighted by molar-refractivity contribution is -0.384. The molecule has 116 valence electrons. The molecule has 0 bridgehead atoms. The maximum atomic E-state index is 11.0. The van der Waals surface area contributed by atoms with Gasteiger partial charge in [0.25, 0.3) is 5.69 Å². The second-order valence-electron chi connectivity index (χ2n) is 5.28. The average molecular weight is 293 g/mol. The molecule has 0 spiro atoms. The summed E-state index contributed by atoms with van der Waals surface area (Å²) in [4.78, 5) is 13.0. The van der Waals surface area contributed by atoms with E-state index in [1.807, 2.05) is 13.0 Å². The third-order valence-electron chi connectivity index (χ3n) is 3.74. The molecule has 1 heterocycles. The Morgan fingerprint density at radius 3 is 2.90 bits per heavy atom. The van der Waals surface area contributed by atoms with Crippen molar-refractivity contribution < 1.29 is 9.66 Å². The van der Waals surface area contributed by atoms with Crippen molar-refractivity contribution in [3.05, 3.63) is 28.3 Å². The highest BCUT2D eigenvalue weighted by Crippen LogP contribution is 2.27. The van der Waals surface area contributed by atoms with Crippen LogP contribution in [-0.2, 0) is 0 Å². The van der Waals surface area contributed by atoms with Gasteiger partial charge < -0.3 is 15.0 Å². The number of ether oxygens (including phenoxy) is 1. The Balaban J connectivity index is 2.12. The van der Waals surface area contributed by atoms with Crippen LogP contribution >= 0.6 is 0 Å². The lowest BCUT2D eigenvalue weighted by Gasteiger charge is -2.32. The summed E-state index contributed by atoms with van der Waals surface area (Å²) >= 11 is 0. The van der Waals surface area contributed by atoms with Gasteiger partial charge in [-0.05, 0) is 32.9 Å². The van der Waals surface area contributed by atoms with Crippen molar-refractivity contribution in [3.8, 4) is 5.75 Å². The summed E-state index contributed by atoms with van der Waals surface area (Å²) in [6.45, 7) is 7.66. The average Bonchev–Trinajstić information content (AvgIpc) is 2.47. The lowest BCUT2D eigenvalue weighted by atomic mass is 10.1. The fraction of sp³-hybridized carbons (Fsp3) is 0.600. The summed E-state index contributed by atoms with van der Waals surface area (Å²) in [6, 6.07) is 5.21. The Hall–Kier alpha value is -1.82. The molecule has 0 aliphatic carbocycles. The van der Waals surface area contributed by atoms with Gasteiger partial charge in [-0.1, -0.05) is 6.92 Å². The van der Waals surface area contributed by atoms with Gasteiger partial charge in [0.05, 0.1) is 17.6 Å². The molecule has 6 heteroatoms. The van der Waals surface area contributed by atoms with Crippen molar-refractivity contribution in [3.63, 3.8) is 0 Å². The summed E-state index contributed by atoms with van der Waals surface area (Å²) in [6.07, 6.45) is 2.24. The zero-order valence-electron chi connectivity index (χ0n) is 12.7. The van der Waals surface area contributed by atoms with E-state index in [1.165, 1.54) is 6.07 Å². The van der Waals surface area contributed by atoms with E-state index in [2.05, 4.69) is 17.1 Å². The van der Waals surface area contributed by atoms with Gasteiger partial charge in [0.15, 0.2) is 0 Å². The van der Waals surface area contributed by atoms with E-state index in [9.17, 15) is 10.1 Å². The quantitative estimate of drug-likeness (QED) is 0.645. The largest absolute Gasteiger partial charge is 0.494 e. The van der Waals surface area contributed by atoms with Crippen molar-refractivity contribution in [2.45, 2.75) is 32.7 Å². The molecule has 1 aromatic rings. The van der Waals surface area contributed by atoms with E-state index in [-0.39, 0.29) is 10.6 Å². The topological polar surface area (TPSA) is 67.6 Å². The van der Waals surface area contributed by atoms with Crippen LogP contribution in [-0.4, -0.2) is 42.1 Å². The third-order valence-corrected chi connectivity index (χ3v) is 3.74. The molecule has 6 nitrogen and oxygen atoms in total. The predicted octanol–water partition coefficient (Wildman–Crippen LogP) is 2.89. The van der Waals surface area contributed by atoms with Crippen LogP contribution in [0, 0.1) is 10.1 Å². The van der Waals surface area contributed by atoms with E-state index in [1.54, 1.807) is 6.07 Å². The number of nitro groups is 1. The fourth-order valence-corrected chi connectivity index (χ4v) is 2.72. The number of nitro benzene ring substituents is 1. The molecular weight excluding hydrogens is 270 g/mol. The number of nitrogens with one attached hydrogen (secondary N) is 1. The number of anilines is 1. The fourth-order valence-electron chi connectivity index (χ4n) is 2.72. The smallest absolute Gasteiger partial charge is 0.275 e. The molecule has 0 aromatic heterocycles. The van der Waals surface area contributed by atoms with E-state index in [0.717, 1.165) is 38.2 Å². The van der Waals surface area contributed by atoms with Crippen LogP contribution < -0.4 is 10.1 Å². The zero-order valence-corrected chi connectivity index (χ0v) is 12.7. The minimum absolute atomic E-state index is 0.0617. The summed E-state index contributed by atoms with van der Waals surface area (Å²) < 4.78 is 5.41. The number of likely N-dealkylation sites (N-methyl/N-ethyl adjacent to an activating group) is 1. The second-order valence-corrected chi connectivity index (χ2v) is 5.28. The first-order chi connectivity index (χ1) is 10.1. The molecule has 1 aromatic carbocycles. The zero-order chi connectivity index (χ0) is 15.2. The highest BCUT2D eigenvalue weighted by Gasteiger charge is 2.19. The molecule has 1 saturated heterocycles. The van der Waals surface area contributed by atoms with Gasteiger partial charge in [-0.2, -0.15) is 0 Å². The number of piperidine rings is 1. The van der Waals surface area contributed by atoms with E-state index >= 15 is 0 Å². The minimum atomic E-state index is -0.382. The van der Waals surface area contributed by atoms with Crippen molar-refractivity contribution in [1.29, 1.82) is 0 Å². The first-order valence-corrected chi connectivity index (χ1v) is 7.53. The maximum absolute atomic E-state index is 11.0. The monoisotopic (exact) mass is 293 g/mol. The van der Waals surface area contributed by atoms with Gasteiger partial charge in [-0.15, -0.1) is 0 Å². The predicted molar refractivity (Wildman–Crippen MR) is 83.0 cm³/mol. The number of likely N-dealkylation sites (tertiary alicyclic amines) is 1. The summed E-state index contributed by atoms with van der Waals surface area (Å²) in [7, 11) is 0. The van der Waals surface area contributed by atoms with Crippen LogP contribution in [0.15, 0.2) is 18.2 Å². The molecule has 1 aliphatic heterocycles. The number of rotatable bonds is 6. The van der Waals surface area contributed by atoms with Gasteiger partial charge >= 0.3 is 0 Å². The molecule has 2 rings (SSSR count). The van der Waals surface area contributed by atoms with Crippen LogP contribution in [0.25, 0.3) is 0 Å². The summed E-state index contributed by atoms with van der Waals surface area (Å²) in [5, 5.41) is 14.4. The van der Waals surface area contributed by atoms with Gasteiger partial charge in [0.2, 0.25) is 0 Å². The van der Waals surface area contributed by atoms with Crippen LogP contribution in [0.3, 0.4) is 0 Å². The SMILES string of the molecule is CCOc1cc(NC2CCCN(CC)C2)cc([N+](=O)[O-])c1. The third kappa shape index (κ3) is 4.32. The molecule has 1 N–H and O–H groups in total. The molecule has 1 atom stereocenters. The van der Waals surface area contributed by atoms with Crippen molar-refractivity contribution >= 4 is 11.4 Å². The Morgan fingerprint density at radius 1 is 1.43 bits per heavy atom. The van der Waals surface area contributed by atoms with Gasteiger partial charge in [0, 0.05) is 30.4 Å². The number of nitrogens with zero attached hydrogens (tertiary/aromatic N) is 2. The van der Waals surface area contributed by atoms with E-state index < -0.39 is 0 Å². The number of hydrogen-bond donors (Lipinski definition) is 1. The highest BCUT2D eigenvalue weighted by molar-refractivity contribution is 5.57. The molecule has 1 unspecified atom stereocenters. The van der Waals surface area contributed by atoms with Gasteiger partial charge in [-0.25, -0.2) is 0 Å². The Morgan fingerprint density at radius 2 is 2.24 bits per heavy atom. The lowest BCUT2D eigenvalue weighted by Crippen LogP contribution is -2.41. The first kappa shape index (κ1) is 15.6. The summed E-state index contributed by atoms with van der Waals surface area (Å²) in [5.74, 6) is 0.539. The normalized spacial score (nSPS) is 19.2. The Labute approximate surface area is 125 Å².